The minimum Gasteiger partial charge on any atom is -0.399 e. The van der Waals surface area contributed by atoms with Crippen LogP contribution in [0.3, 0.4) is 0 Å². The summed E-state index contributed by atoms with van der Waals surface area (Å²) in [5.74, 6) is 0. The summed E-state index contributed by atoms with van der Waals surface area (Å²) in [7, 11) is -3.52. The first-order chi connectivity index (χ1) is 9.50. The van der Waals surface area contributed by atoms with Crippen LogP contribution in [-0.2, 0) is 16.4 Å². The number of anilines is 2. The van der Waals surface area contributed by atoms with E-state index in [2.05, 4.69) is 0 Å². The minimum atomic E-state index is -3.52. The average molecular weight is 288 g/mol. The lowest BCUT2D eigenvalue weighted by atomic mass is 10.1. The van der Waals surface area contributed by atoms with Gasteiger partial charge in [-0.15, -0.1) is 0 Å². The monoisotopic (exact) mass is 288 g/mol. The van der Waals surface area contributed by atoms with E-state index < -0.39 is 10.0 Å². The van der Waals surface area contributed by atoms with Crippen LogP contribution in [0.4, 0.5) is 11.4 Å². The molecule has 0 bridgehead atoms. The molecule has 1 unspecified atom stereocenters. The zero-order chi connectivity index (χ0) is 14.3. The maximum Gasteiger partial charge on any atom is 0.264 e. The van der Waals surface area contributed by atoms with Crippen LogP contribution in [0.15, 0.2) is 53.4 Å². The van der Waals surface area contributed by atoms with E-state index in [4.69, 9.17) is 5.73 Å². The smallest absolute Gasteiger partial charge is 0.264 e. The lowest BCUT2D eigenvalue weighted by Crippen LogP contribution is -2.35. The zero-order valence-electron chi connectivity index (χ0n) is 11.2. The van der Waals surface area contributed by atoms with E-state index in [-0.39, 0.29) is 6.04 Å². The summed E-state index contributed by atoms with van der Waals surface area (Å²) in [5, 5.41) is 0. The van der Waals surface area contributed by atoms with Crippen molar-refractivity contribution in [1.82, 2.24) is 0 Å². The van der Waals surface area contributed by atoms with Gasteiger partial charge in [-0.2, -0.15) is 0 Å². The Hall–Kier alpha value is -2.01. The normalized spacial score (nSPS) is 18.1. The summed E-state index contributed by atoms with van der Waals surface area (Å²) in [6, 6.07) is 13.8. The molecule has 1 aliphatic rings. The molecule has 0 fully saturated rings. The molecule has 2 N–H and O–H groups in total. The van der Waals surface area contributed by atoms with Crippen molar-refractivity contribution in [1.29, 1.82) is 0 Å². The molecule has 0 aromatic heterocycles. The number of nitrogens with two attached hydrogens (primary N) is 1. The van der Waals surface area contributed by atoms with Gasteiger partial charge in [0, 0.05) is 11.7 Å². The predicted molar refractivity (Wildman–Crippen MR) is 80.1 cm³/mol. The van der Waals surface area contributed by atoms with Crippen molar-refractivity contribution in [3.05, 3.63) is 54.1 Å². The zero-order valence-corrected chi connectivity index (χ0v) is 12.0. The molecule has 1 atom stereocenters. The Morgan fingerprint density at radius 3 is 2.55 bits per heavy atom. The van der Waals surface area contributed by atoms with Crippen molar-refractivity contribution in [3.8, 4) is 0 Å². The molecule has 0 radical (unpaired) electrons. The molecule has 0 saturated heterocycles. The molecular weight excluding hydrogens is 272 g/mol. The van der Waals surface area contributed by atoms with E-state index >= 15 is 0 Å². The van der Waals surface area contributed by atoms with Crippen LogP contribution in [0.2, 0.25) is 0 Å². The van der Waals surface area contributed by atoms with Crippen molar-refractivity contribution in [2.24, 2.45) is 0 Å². The standard InChI is InChI=1S/C15H16N2O2S/c1-11-9-12-10-13(16)7-8-15(12)17(11)20(18,19)14-5-3-2-4-6-14/h2-8,10-11H,9,16H2,1H3. The van der Waals surface area contributed by atoms with E-state index in [1.165, 1.54) is 4.31 Å². The fraction of sp³-hybridized carbons (Fsp3) is 0.200. The molecule has 1 aliphatic heterocycles. The Morgan fingerprint density at radius 2 is 1.85 bits per heavy atom. The molecule has 3 rings (SSSR count). The summed E-state index contributed by atoms with van der Waals surface area (Å²) >= 11 is 0. The van der Waals surface area contributed by atoms with Crippen molar-refractivity contribution < 1.29 is 8.42 Å². The van der Waals surface area contributed by atoms with Gasteiger partial charge in [-0.05, 0) is 49.2 Å². The van der Waals surface area contributed by atoms with Crippen LogP contribution < -0.4 is 10.0 Å². The number of fused-ring (bicyclic) bond motifs is 1. The Morgan fingerprint density at radius 1 is 1.15 bits per heavy atom. The van der Waals surface area contributed by atoms with E-state index in [0.29, 0.717) is 17.0 Å². The quantitative estimate of drug-likeness (QED) is 0.863. The first-order valence-electron chi connectivity index (χ1n) is 6.48. The molecule has 1 heterocycles. The number of hydrogen-bond donors (Lipinski definition) is 1. The van der Waals surface area contributed by atoms with Gasteiger partial charge in [0.2, 0.25) is 0 Å². The van der Waals surface area contributed by atoms with Gasteiger partial charge in [0.15, 0.2) is 0 Å². The molecule has 4 nitrogen and oxygen atoms in total. The highest BCUT2D eigenvalue weighted by Crippen LogP contribution is 2.37. The second-order valence-electron chi connectivity index (χ2n) is 5.06. The van der Waals surface area contributed by atoms with Gasteiger partial charge in [-0.1, -0.05) is 18.2 Å². The summed E-state index contributed by atoms with van der Waals surface area (Å²) < 4.78 is 27.1. The molecule has 0 amide bonds. The molecule has 20 heavy (non-hydrogen) atoms. The Labute approximate surface area is 118 Å². The van der Waals surface area contributed by atoms with Crippen LogP contribution in [0, 0.1) is 0 Å². The molecule has 0 aliphatic carbocycles. The number of nitrogen functional groups attached to an aromatic ring is 1. The fourth-order valence-electron chi connectivity index (χ4n) is 2.69. The van der Waals surface area contributed by atoms with Gasteiger partial charge in [-0.3, -0.25) is 4.31 Å². The lowest BCUT2D eigenvalue weighted by molar-refractivity contribution is 0.584. The fourth-order valence-corrected chi connectivity index (χ4v) is 4.41. The largest absolute Gasteiger partial charge is 0.399 e. The minimum absolute atomic E-state index is 0.1000. The predicted octanol–water partition coefficient (Wildman–Crippen LogP) is 2.41. The SMILES string of the molecule is CC1Cc2cc(N)ccc2N1S(=O)(=O)c1ccccc1. The number of benzene rings is 2. The third kappa shape index (κ3) is 1.94. The average Bonchev–Trinajstić information content (AvgIpc) is 2.75. The van der Waals surface area contributed by atoms with Crippen molar-refractivity contribution >= 4 is 21.4 Å². The van der Waals surface area contributed by atoms with Crippen LogP contribution >= 0.6 is 0 Å². The molecule has 2 aromatic rings. The van der Waals surface area contributed by atoms with Gasteiger partial charge in [0.1, 0.15) is 0 Å². The highest BCUT2D eigenvalue weighted by atomic mass is 32.2. The number of rotatable bonds is 2. The van der Waals surface area contributed by atoms with E-state index in [1.54, 1.807) is 42.5 Å². The molecule has 5 heteroatoms. The van der Waals surface area contributed by atoms with Crippen molar-refractivity contribution in [3.63, 3.8) is 0 Å². The highest BCUT2D eigenvalue weighted by Gasteiger charge is 2.35. The maximum absolute atomic E-state index is 12.8. The topological polar surface area (TPSA) is 63.4 Å². The first kappa shape index (κ1) is 13.0. The summed E-state index contributed by atoms with van der Waals surface area (Å²) in [6.45, 7) is 1.91. The number of nitrogens with zero attached hydrogens (tertiary/aromatic N) is 1. The van der Waals surface area contributed by atoms with Gasteiger partial charge in [0.25, 0.3) is 10.0 Å². The first-order valence-corrected chi connectivity index (χ1v) is 7.92. The Balaban J connectivity index is 2.12. The van der Waals surface area contributed by atoms with Crippen molar-refractivity contribution in [2.75, 3.05) is 10.0 Å². The van der Waals surface area contributed by atoms with Crippen LogP contribution in [0.5, 0.6) is 0 Å². The molecule has 0 saturated carbocycles. The second-order valence-corrected chi connectivity index (χ2v) is 6.87. The second kappa shape index (κ2) is 4.52. The number of hydrogen-bond acceptors (Lipinski definition) is 3. The third-order valence-electron chi connectivity index (χ3n) is 3.56. The highest BCUT2D eigenvalue weighted by molar-refractivity contribution is 7.92. The van der Waals surface area contributed by atoms with Gasteiger partial charge >= 0.3 is 0 Å². The van der Waals surface area contributed by atoms with Crippen LogP contribution in [-0.4, -0.2) is 14.5 Å². The molecule has 104 valence electrons. The van der Waals surface area contributed by atoms with Gasteiger partial charge < -0.3 is 5.73 Å². The number of sulfonamides is 1. The van der Waals surface area contributed by atoms with Gasteiger partial charge in [0.05, 0.1) is 10.6 Å². The van der Waals surface area contributed by atoms with Gasteiger partial charge in [-0.25, -0.2) is 8.42 Å². The Kier molecular flexibility index (Phi) is 2.94. The molecule has 2 aromatic carbocycles. The molecule has 0 spiro atoms. The summed E-state index contributed by atoms with van der Waals surface area (Å²) in [6.07, 6.45) is 0.687. The summed E-state index contributed by atoms with van der Waals surface area (Å²) in [4.78, 5) is 0.316. The van der Waals surface area contributed by atoms with E-state index in [9.17, 15) is 8.42 Å². The summed E-state index contributed by atoms with van der Waals surface area (Å²) in [5.41, 5.74) is 8.15. The Bertz CT molecular complexity index is 742. The lowest BCUT2D eigenvalue weighted by Gasteiger charge is -2.24. The van der Waals surface area contributed by atoms with Crippen LogP contribution in [0.1, 0.15) is 12.5 Å². The van der Waals surface area contributed by atoms with Crippen LogP contribution in [0.25, 0.3) is 0 Å². The van der Waals surface area contributed by atoms with E-state index in [0.717, 1.165) is 11.3 Å². The molecular formula is C15H16N2O2S. The van der Waals surface area contributed by atoms with Crippen molar-refractivity contribution in [2.45, 2.75) is 24.3 Å². The third-order valence-corrected chi connectivity index (χ3v) is 5.50. The van der Waals surface area contributed by atoms with E-state index in [1.807, 2.05) is 13.0 Å². The maximum atomic E-state index is 12.8.